The molecule has 1 unspecified atom stereocenters. The van der Waals surface area contributed by atoms with Gasteiger partial charge in [-0.15, -0.1) is 12.4 Å². The molecule has 2 aliphatic heterocycles. The van der Waals surface area contributed by atoms with Gasteiger partial charge in [-0.05, 0) is 30.8 Å². The Morgan fingerprint density at radius 2 is 2.12 bits per heavy atom. The fraction of sp³-hybridized carbons (Fsp3) is 0.375. The molecular formula is C16H19ClN4O3. The van der Waals surface area contributed by atoms with Crippen LogP contribution in [0.1, 0.15) is 23.3 Å². The highest BCUT2D eigenvalue weighted by Crippen LogP contribution is 2.33. The molecule has 4 rings (SSSR count). The molecule has 1 N–H and O–H groups in total. The molecule has 3 heterocycles. The highest BCUT2D eigenvalue weighted by molar-refractivity contribution is 5.85. The lowest BCUT2D eigenvalue weighted by Gasteiger charge is -2.30. The Balaban J connectivity index is 0.00000169. The van der Waals surface area contributed by atoms with Crippen molar-refractivity contribution < 1.29 is 14.0 Å². The minimum absolute atomic E-state index is 0. The number of hydrogen-bond donors (Lipinski definition) is 1. The van der Waals surface area contributed by atoms with Crippen molar-refractivity contribution in [2.24, 2.45) is 0 Å². The Bertz CT molecular complexity index is 734. The number of fused-ring (bicyclic) bond motifs is 1. The van der Waals surface area contributed by atoms with E-state index in [0.717, 1.165) is 36.7 Å². The number of nitrogens with one attached hydrogen (secondary N) is 1. The predicted molar refractivity (Wildman–Crippen MR) is 91.3 cm³/mol. The number of benzene rings is 1. The third-order valence-corrected chi connectivity index (χ3v) is 4.08. The minimum atomic E-state index is 0. The molecule has 1 fully saturated rings. The summed E-state index contributed by atoms with van der Waals surface area (Å²) in [5.41, 5.74) is 0.991. The molecular weight excluding hydrogens is 332 g/mol. The van der Waals surface area contributed by atoms with Gasteiger partial charge in [0.05, 0.1) is 6.04 Å². The molecule has 0 aliphatic carbocycles. The van der Waals surface area contributed by atoms with Crippen LogP contribution in [0, 0.1) is 0 Å². The first-order valence-electron chi connectivity index (χ1n) is 7.62. The van der Waals surface area contributed by atoms with Crippen LogP contribution < -0.4 is 14.8 Å². The van der Waals surface area contributed by atoms with Crippen LogP contribution in [0.5, 0.6) is 11.5 Å². The van der Waals surface area contributed by atoms with E-state index in [4.69, 9.17) is 14.0 Å². The van der Waals surface area contributed by atoms with E-state index in [0.29, 0.717) is 11.7 Å². The highest BCUT2D eigenvalue weighted by Gasteiger charge is 2.24. The van der Waals surface area contributed by atoms with E-state index < -0.39 is 0 Å². The molecule has 24 heavy (non-hydrogen) atoms. The first kappa shape index (κ1) is 16.8. The predicted octanol–water partition coefficient (Wildman–Crippen LogP) is 1.97. The number of aromatic nitrogens is 2. The number of nitrogens with zero attached hydrogens (tertiary/aromatic N) is 3. The van der Waals surface area contributed by atoms with Gasteiger partial charge in [-0.2, -0.15) is 4.98 Å². The monoisotopic (exact) mass is 350 g/mol. The maximum absolute atomic E-state index is 5.37. The number of hydrogen-bond acceptors (Lipinski definition) is 7. The van der Waals surface area contributed by atoms with Gasteiger partial charge in [0.1, 0.15) is 0 Å². The van der Waals surface area contributed by atoms with Crippen molar-refractivity contribution in [3.63, 3.8) is 0 Å². The number of ether oxygens (including phenoxy) is 2. The molecule has 0 radical (unpaired) electrons. The number of halogens is 1. The standard InChI is InChI=1S/C16H18N4O3.ClH/c1-20-7-6-17-9-12(20)16-18-15(23-19-16)5-3-11-2-4-13-14(8-11)22-10-21-13;/h2-5,8,12,17H,6-7,9-10H2,1H3;1H/b5-3+;. The lowest BCUT2D eigenvalue weighted by Crippen LogP contribution is -2.44. The van der Waals surface area contributed by atoms with Crippen molar-refractivity contribution >= 4 is 24.6 Å². The maximum atomic E-state index is 5.37. The van der Waals surface area contributed by atoms with Crippen LogP contribution in [0.15, 0.2) is 22.7 Å². The maximum Gasteiger partial charge on any atom is 0.250 e. The molecule has 0 spiro atoms. The topological polar surface area (TPSA) is 72.7 Å². The second-order valence-corrected chi connectivity index (χ2v) is 5.64. The smallest absolute Gasteiger partial charge is 0.250 e. The minimum Gasteiger partial charge on any atom is -0.454 e. The summed E-state index contributed by atoms with van der Waals surface area (Å²) in [6.07, 6.45) is 3.73. The molecule has 2 aliphatic rings. The summed E-state index contributed by atoms with van der Waals surface area (Å²) in [6.45, 7) is 3.07. The van der Waals surface area contributed by atoms with Gasteiger partial charge in [-0.25, -0.2) is 0 Å². The number of likely N-dealkylation sites (N-methyl/N-ethyl adjacent to an activating group) is 1. The summed E-state index contributed by atoms with van der Waals surface area (Å²) >= 11 is 0. The summed E-state index contributed by atoms with van der Waals surface area (Å²) in [5.74, 6) is 2.74. The third-order valence-electron chi connectivity index (χ3n) is 4.08. The Labute approximate surface area is 146 Å². The molecule has 128 valence electrons. The summed E-state index contributed by atoms with van der Waals surface area (Å²) in [4.78, 5) is 6.70. The second-order valence-electron chi connectivity index (χ2n) is 5.64. The summed E-state index contributed by atoms with van der Waals surface area (Å²) in [5, 5.41) is 7.44. The van der Waals surface area contributed by atoms with Crippen LogP contribution in [0.3, 0.4) is 0 Å². The molecule has 7 nitrogen and oxygen atoms in total. The van der Waals surface area contributed by atoms with Gasteiger partial charge >= 0.3 is 0 Å². The lowest BCUT2D eigenvalue weighted by molar-refractivity contribution is 0.174. The molecule has 8 heteroatoms. The first-order valence-corrected chi connectivity index (χ1v) is 7.62. The molecule has 0 amide bonds. The first-order chi connectivity index (χ1) is 11.3. The van der Waals surface area contributed by atoms with Crippen molar-refractivity contribution in [3.05, 3.63) is 35.5 Å². The van der Waals surface area contributed by atoms with Crippen molar-refractivity contribution in [2.45, 2.75) is 6.04 Å². The van der Waals surface area contributed by atoms with E-state index in [1.54, 1.807) is 0 Å². The molecule has 1 aromatic heterocycles. The molecule has 1 saturated heterocycles. The Morgan fingerprint density at radius 3 is 3.00 bits per heavy atom. The van der Waals surface area contributed by atoms with Gasteiger partial charge in [0, 0.05) is 25.7 Å². The molecule has 2 aromatic rings. The quantitative estimate of drug-likeness (QED) is 0.907. The van der Waals surface area contributed by atoms with Gasteiger partial charge in [-0.1, -0.05) is 11.2 Å². The summed E-state index contributed by atoms with van der Waals surface area (Å²) in [7, 11) is 2.07. The average molecular weight is 351 g/mol. The van der Waals surface area contributed by atoms with Crippen molar-refractivity contribution in [2.75, 3.05) is 33.5 Å². The summed E-state index contributed by atoms with van der Waals surface area (Å²) < 4.78 is 16.0. The van der Waals surface area contributed by atoms with E-state index in [9.17, 15) is 0 Å². The van der Waals surface area contributed by atoms with E-state index >= 15 is 0 Å². The van der Waals surface area contributed by atoms with Crippen molar-refractivity contribution in [1.82, 2.24) is 20.4 Å². The fourth-order valence-electron chi connectivity index (χ4n) is 2.73. The van der Waals surface area contributed by atoms with Gasteiger partial charge in [-0.3, -0.25) is 4.90 Å². The van der Waals surface area contributed by atoms with E-state index in [1.165, 1.54) is 0 Å². The van der Waals surface area contributed by atoms with Gasteiger partial charge in [0.25, 0.3) is 5.89 Å². The van der Waals surface area contributed by atoms with Crippen LogP contribution in [-0.4, -0.2) is 48.5 Å². The Kier molecular flexibility index (Phi) is 5.03. The average Bonchev–Trinajstić information content (AvgIpc) is 3.22. The fourth-order valence-corrected chi connectivity index (χ4v) is 2.73. The highest BCUT2D eigenvalue weighted by atomic mass is 35.5. The van der Waals surface area contributed by atoms with Crippen LogP contribution in [0.2, 0.25) is 0 Å². The van der Waals surface area contributed by atoms with Crippen LogP contribution in [0.4, 0.5) is 0 Å². The largest absolute Gasteiger partial charge is 0.454 e. The van der Waals surface area contributed by atoms with E-state index in [1.807, 2.05) is 30.4 Å². The zero-order chi connectivity index (χ0) is 15.6. The van der Waals surface area contributed by atoms with Crippen molar-refractivity contribution in [3.8, 4) is 11.5 Å². The SMILES string of the molecule is CN1CCNCC1c1noc(/C=C/c2ccc3c(c2)OCO3)n1.Cl. The zero-order valence-electron chi connectivity index (χ0n) is 13.3. The summed E-state index contributed by atoms with van der Waals surface area (Å²) in [6, 6.07) is 5.93. The van der Waals surface area contributed by atoms with E-state index in [-0.39, 0.29) is 25.2 Å². The second kappa shape index (κ2) is 7.21. The third kappa shape index (κ3) is 3.38. The lowest BCUT2D eigenvalue weighted by atomic mass is 10.2. The molecule has 0 saturated carbocycles. The number of piperazine rings is 1. The van der Waals surface area contributed by atoms with Crippen LogP contribution in [0.25, 0.3) is 12.2 Å². The molecule has 1 aromatic carbocycles. The van der Waals surface area contributed by atoms with Gasteiger partial charge < -0.3 is 19.3 Å². The molecule has 1 atom stereocenters. The molecule has 0 bridgehead atoms. The Hall–Kier alpha value is -2.09. The normalized spacial score (nSPS) is 20.3. The van der Waals surface area contributed by atoms with Gasteiger partial charge in [0.15, 0.2) is 17.3 Å². The number of rotatable bonds is 3. The van der Waals surface area contributed by atoms with Crippen molar-refractivity contribution in [1.29, 1.82) is 0 Å². The zero-order valence-corrected chi connectivity index (χ0v) is 14.1. The van der Waals surface area contributed by atoms with Crippen LogP contribution >= 0.6 is 12.4 Å². The van der Waals surface area contributed by atoms with Gasteiger partial charge in [0.2, 0.25) is 6.79 Å². The van der Waals surface area contributed by atoms with Crippen LogP contribution in [-0.2, 0) is 0 Å². The Morgan fingerprint density at radius 1 is 1.25 bits per heavy atom. The van der Waals surface area contributed by atoms with E-state index in [2.05, 4.69) is 27.4 Å².